The molecular weight excluding hydrogens is 210 g/mol. The lowest BCUT2D eigenvalue weighted by molar-refractivity contribution is -0.138. The number of carboxylic acid groups (broad SMARTS) is 1. The molecule has 0 spiro atoms. The number of phenolic OH excluding ortho intramolecular Hbond substituents is 2. The molecule has 0 fully saturated rings. The van der Waals surface area contributed by atoms with Gasteiger partial charge in [-0.15, -0.1) is 0 Å². The Balaban J connectivity index is 3.12. The first-order valence-electron chi connectivity index (χ1n) is 4.98. The average Bonchev–Trinajstić information content (AvgIpc) is 2.23. The fourth-order valence-electron chi connectivity index (χ4n) is 1.53. The van der Waals surface area contributed by atoms with Crippen LogP contribution in [-0.4, -0.2) is 33.9 Å². The van der Waals surface area contributed by atoms with Crippen LogP contribution in [0.3, 0.4) is 0 Å². The molecule has 0 unspecified atom stereocenters. The van der Waals surface area contributed by atoms with Gasteiger partial charge in [0.2, 0.25) is 0 Å². The van der Waals surface area contributed by atoms with E-state index in [9.17, 15) is 15.0 Å². The summed E-state index contributed by atoms with van der Waals surface area (Å²) in [5.41, 5.74) is 0.317. The van der Waals surface area contributed by atoms with Gasteiger partial charge in [-0.2, -0.15) is 0 Å². The van der Waals surface area contributed by atoms with Crippen molar-refractivity contribution in [3.8, 4) is 11.5 Å². The number of carbonyl (C=O) groups is 1. The van der Waals surface area contributed by atoms with Crippen LogP contribution in [0.5, 0.6) is 11.5 Å². The normalized spacial score (nSPS) is 12.1. The highest BCUT2D eigenvalue weighted by Gasteiger charge is 2.21. The van der Waals surface area contributed by atoms with E-state index in [0.29, 0.717) is 12.2 Å². The van der Waals surface area contributed by atoms with Gasteiger partial charge >= 0.3 is 5.97 Å². The lowest BCUT2D eigenvalue weighted by atomic mass is 10.2. The molecule has 88 valence electrons. The SMILES string of the molecule is CCN(c1cc(O)ccc1O)[C@@H](C)C(=O)O. The molecular formula is C11H15NO4. The Morgan fingerprint density at radius 2 is 2.06 bits per heavy atom. The second kappa shape index (κ2) is 4.74. The predicted molar refractivity (Wildman–Crippen MR) is 59.9 cm³/mol. The average molecular weight is 225 g/mol. The van der Waals surface area contributed by atoms with Crippen molar-refractivity contribution < 1.29 is 20.1 Å². The second-order valence-electron chi connectivity index (χ2n) is 3.47. The molecule has 1 aromatic rings. The molecule has 0 radical (unpaired) electrons. The Hall–Kier alpha value is -1.91. The summed E-state index contributed by atoms with van der Waals surface area (Å²) >= 11 is 0. The third-order valence-electron chi connectivity index (χ3n) is 2.43. The molecule has 0 amide bonds. The van der Waals surface area contributed by atoms with Gasteiger partial charge in [0.25, 0.3) is 0 Å². The second-order valence-corrected chi connectivity index (χ2v) is 3.47. The molecule has 0 saturated heterocycles. The van der Waals surface area contributed by atoms with Gasteiger partial charge in [-0.3, -0.25) is 0 Å². The van der Waals surface area contributed by atoms with Crippen molar-refractivity contribution >= 4 is 11.7 Å². The number of nitrogens with zero attached hydrogens (tertiary/aromatic N) is 1. The van der Waals surface area contributed by atoms with Gasteiger partial charge in [-0.05, 0) is 26.0 Å². The molecule has 3 N–H and O–H groups in total. The van der Waals surface area contributed by atoms with E-state index in [-0.39, 0.29) is 11.5 Å². The van der Waals surface area contributed by atoms with Crippen molar-refractivity contribution in [1.29, 1.82) is 0 Å². The Kier molecular flexibility index (Phi) is 3.60. The highest BCUT2D eigenvalue weighted by atomic mass is 16.4. The van der Waals surface area contributed by atoms with Gasteiger partial charge in [0, 0.05) is 12.6 Å². The summed E-state index contributed by atoms with van der Waals surface area (Å²) in [5, 5.41) is 27.9. The maximum absolute atomic E-state index is 10.9. The number of carboxylic acids is 1. The summed E-state index contributed by atoms with van der Waals surface area (Å²) in [5.74, 6) is -1.04. The molecule has 0 aliphatic rings. The summed E-state index contributed by atoms with van der Waals surface area (Å²) in [6.45, 7) is 3.72. The standard InChI is InChI=1S/C11H15NO4/c1-3-12(7(2)11(15)16)9-6-8(13)4-5-10(9)14/h4-7,13-14H,3H2,1-2H3,(H,15,16)/t7-/m0/s1. The smallest absolute Gasteiger partial charge is 0.326 e. The van der Waals surface area contributed by atoms with Crippen LogP contribution in [0.4, 0.5) is 5.69 Å². The Labute approximate surface area is 93.6 Å². The van der Waals surface area contributed by atoms with Crippen LogP contribution in [0, 0.1) is 0 Å². The first-order chi connectivity index (χ1) is 7.47. The fourth-order valence-corrected chi connectivity index (χ4v) is 1.53. The van der Waals surface area contributed by atoms with Gasteiger partial charge in [-0.1, -0.05) is 0 Å². The lowest BCUT2D eigenvalue weighted by Crippen LogP contribution is -2.38. The summed E-state index contributed by atoms with van der Waals surface area (Å²) in [6, 6.07) is 3.26. The van der Waals surface area contributed by atoms with E-state index >= 15 is 0 Å². The van der Waals surface area contributed by atoms with Gasteiger partial charge < -0.3 is 20.2 Å². The minimum absolute atomic E-state index is 0.0103. The van der Waals surface area contributed by atoms with Crippen molar-refractivity contribution in [3.05, 3.63) is 18.2 Å². The van der Waals surface area contributed by atoms with E-state index in [0.717, 1.165) is 0 Å². The van der Waals surface area contributed by atoms with Gasteiger partial charge in [0.1, 0.15) is 17.5 Å². The molecule has 1 rings (SSSR count). The Bertz CT molecular complexity index is 392. The zero-order valence-electron chi connectivity index (χ0n) is 9.21. The molecule has 16 heavy (non-hydrogen) atoms. The van der Waals surface area contributed by atoms with Crippen LogP contribution in [0.2, 0.25) is 0 Å². The first kappa shape index (κ1) is 12.2. The highest BCUT2D eigenvalue weighted by Crippen LogP contribution is 2.31. The molecule has 5 heteroatoms. The molecule has 1 atom stereocenters. The number of aromatic hydroxyl groups is 2. The Morgan fingerprint density at radius 3 is 2.56 bits per heavy atom. The van der Waals surface area contributed by atoms with Crippen molar-refractivity contribution in [2.45, 2.75) is 19.9 Å². The quantitative estimate of drug-likeness (QED) is 0.675. The summed E-state index contributed by atoms with van der Waals surface area (Å²) in [4.78, 5) is 12.4. The molecule has 0 aliphatic heterocycles. The zero-order chi connectivity index (χ0) is 12.3. The van der Waals surface area contributed by atoms with E-state index in [2.05, 4.69) is 0 Å². The first-order valence-corrected chi connectivity index (χ1v) is 4.98. The molecule has 0 aliphatic carbocycles. The van der Waals surface area contributed by atoms with E-state index < -0.39 is 12.0 Å². The minimum Gasteiger partial charge on any atom is -0.508 e. The van der Waals surface area contributed by atoms with Gasteiger partial charge in [0.15, 0.2) is 0 Å². The number of likely N-dealkylation sites (N-methyl/N-ethyl adjacent to an activating group) is 1. The Morgan fingerprint density at radius 1 is 1.44 bits per heavy atom. The van der Waals surface area contributed by atoms with Crippen LogP contribution in [-0.2, 0) is 4.79 Å². The van der Waals surface area contributed by atoms with Gasteiger partial charge in [-0.25, -0.2) is 4.79 Å². The monoisotopic (exact) mass is 225 g/mol. The zero-order valence-corrected chi connectivity index (χ0v) is 9.21. The number of hydrogen-bond acceptors (Lipinski definition) is 4. The van der Waals surface area contributed by atoms with Crippen molar-refractivity contribution in [2.24, 2.45) is 0 Å². The number of anilines is 1. The third-order valence-corrected chi connectivity index (χ3v) is 2.43. The lowest BCUT2D eigenvalue weighted by Gasteiger charge is -2.27. The van der Waals surface area contributed by atoms with E-state index in [1.54, 1.807) is 6.92 Å². The minimum atomic E-state index is -0.982. The topological polar surface area (TPSA) is 81.0 Å². The molecule has 5 nitrogen and oxygen atoms in total. The highest BCUT2D eigenvalue weighted by molar-refractivity contribution is 5.79. The van der Waals surface area contributed by atoms with Crippen molar-refractivity contribution in [1.82, 2.24) is 0 Å². The number of aliphatic carboxylic acids is 1. The number of phenols is 2. The van der Waals surface area contributed by atoms with Crippen LogP contribution >= 0.6 is 0 Å². The summed E-state index contributed by atoms with van der Waals surface area (Å²) in [7, 11) is 0. The van der Waals surface area contributed by atoms with Crippen LogP contribution in [0.15, 0.2) is 18.2 Å². The van der Waals surface area contributed by atoms with E-state index in [1.807, 2.05) is 0 Å². The predicted octanol–water partition coefficient (Wildman–Crippen LogP) is 1.40. The van der Waals surface area contributed by atoms with E-state index in [4.69, 9.17) is 5.11 Å². The molecule has 0 saturated carbocycles. The number of benzene rings is 1. The maximum atomic E-state index is 10.9. The summed E-state index contributed by atoms with van der Waals surface area (Å²) in [6.07, 6.45) is 0. The van der Waals surface area contributed by atoms with Crippen LogP contribution in [0.1, 0.15) is 13.8 Å². The number of hydrogen-bond donors (Lipinski definition) is 3. The molecule has 1 aromatic carbocycles. The van der Waals surface area contributed by atoms with Gasteiger partial charge in [0.05, 0.1) is 5.69 Å². The third kappa shape index (κ3) is 2.36. The van der Waals surface area contributed by atoms with Crippen molar-refractivity contribution in [2.75, 3.05) is 11.4 Å². The van der Waals surface area contributed by atoms with Crippen molar-refractivity contribution in [3.63, 3.8) is 0 Å². The molecule has 0 bridgehead atoms. The molecule has 0 aromatic heterocycles. The largest absolute Gasteiger partial charge is 0.508 e. The van der Waals surface area contributed by atoms with Crippen LogP contribution < -0.4 is 4.90 Å². The summed E-state index contributed by atoms with van der Waals surface area (Å²) < 4.78 is 0. The number of rotatable bonds is 4. The van der Waals surface area contributed by atoms with Crippen LogP contribution in [0.25, 0.3) is 0 Å². The van der Waals surface area contributed by atoms with E-state index in [1.165, 1.54) is 30.0 Å². The maximum Gasteiger partial charge on any atom is 0.326 e. The molecule has 0 heterocycles. The fraction of sp³-hybridized carbons (Fsp3) is 0.364.